The quantitative estimate of drug-likeness (QED) is 0.547. The molecule has 2 aliphatic rings. The van der Waals surface area contributed by atoms with E-state index in [1.165, 1.54) is 0 Å². The van der Waals surface area contributed by atoms with Crippen LogP contribution in [0.5, 0.6) is 0 Å². The average molecular weight is 156 g/mol. The molecule has 3 nitrogen and oxygen atoms in total. The number of fused-ring (bicyclic) bond motifs is 5. The van der Waals surface area contributed by atoms with Crippen LogP contribution < -0.4 is 0 Å². The lowest BCUT2D eigenvalue weighted by Crippen LogP contribution is -2.09. The Morgan fingerprint density at radius 3 is 1.92 bits per heavy atom. The van der Waals surface area contributed by atoms with E-state index >= 15 is 0 Å². The van der Waals surface area contributed by atoms with Crippen molar-refractivity contribution < 1.29 is 4.79 Å². The van der Waals surface area contributed by atoms with Crippen molar-refractivity contribution in [3.63, 3.8) is 0 Å². The summed E-state index contributed by atoms with van der Waals surface area (Å²) in [5, 5.41) is 7.56. The van der Waals surface area contributed by atoms with Gasteiger partial charge in [-0.3, -0.25) is 4.79 Å². The number of Topliss-reactive ketones (excluding diaryl/α,β-unsaturated/α-hetero) is 1. The van der Waals surface area contributed by atoms with Gasteiger partial charge in [0.2, 0.25) is 5.78 Å². The van der Waals surface area contributed by atoms with E-state index in [4.69, 9.17) is 0 Å². The van der Waals surface area contributed by atoms with Gasteiger partial charge in [-0.1, -0.05) is 24.3 Å². The minimum Gasteiger partial charge on any atom is -0.285 e. The molecule has 1 aromatic carbocycles. The number of hydrogen-bond acceptors (Lipinski definition) is 3. The van der Waals surface area contributed by atoms with E-state index in [0.29, 0.717) is 11.4 Å². The molecule has 0 fully saturated rings. The first-order valence-corrected chi connectivity index (χ1v) is 3.68. The fourth-order valence-corrected chi connectivity index (χ4v) is 1.55. The van der Waals surface area contributed by atoms with Gasteiger partial charge in [-0.05, 0) is 0 Å². The van der Waals surface area contributed by atoms with E-state index in [1.54, 1.807) is 0 Å². The average Bonchev–Trinajstić information content (AvgIpc) is 2.61. The summed E-state index contributed by atoms with van der Waals surface area (Å²) in [4.78, 5) is 11.4. The Morgan fingerprint density at radius 1 is 0.917 bits per heavy atom. The molecular weight excluding hydrogens is 152 g/mol. The van der Waals surface area contributed by atoms with Crippen LogP contribution in [0.25, 0.3) is 0 Å². The maximum absolute atomic E-state index is 11.4. The number of benzene rings is 1. The van der Waals surface area contributed by atoms with E-state index in [9.17, 15) is 4.79 Å². The van der Waals surface area contributed by atoms with Crippen molar-refractivity contribution >= 4 is 17.2 Å². The van der Waals surface area contributed by atoms with Crippen LogP contribution in [-0.2, 0) is 4.79 Å². The van der Waals surface area contributed by atoms with Crippen molar-refractivity contribution in [1.82, 2.24) is 0 Å². The molecule has 2 bridgehead atoms. The molecule has 0 saturated heterocycles. The van der Waals surface area contributed by atoms with Crippen LogP contribution in [0.15, 0.2) is 34.5 Å². The van der Waals surface area contributed by atoms with E-state index < -0.39 is 0 Å². The van der Waals surface area contributed by atoms with Crippen LogP contribution in [0.2, 0.25) is 0 Å². The zero-order chi connectivity index (χ0) is 8.13. The Balaban J connectivity index is 2.44. The number of carbonyl (C=O) groups is 1. The third-order valence-corrected chi connectivity index (χ3v) is 2.12. The van der Waals surface area contributed by atoms with Gasteiger partial charge in [0.1, 0.15) is 11.4 Å². The summed E-state index contributed by atoms with van der Waals surface area (Å²) in [6.07, 6.45) is 0. The van der Waals surface area contributed by atoms with Gasteiger partial charge >= 0.3 is 0 Å². The Kier molecular flexibility index (Phi) is 0.821. The third kappa shape index (κ3) is 0.471. The molecule has 3 rings (SSSR count). The molecule has 1 heterocycles. The Bertz CT molecular complexity index is 416. The van der Waals surface area contributed by atoms with Crippen LogP contribution in [0, 0.1) is 0 Å². The van der Waals surface area contributed by atoms with Gasteiger partial charge in [0.05, 0.1) is 0 Å². The van der Waals surface area contributed by atoms with Gasteiger partial charge in [0.15, 0.2) is 0 Å². The molecule has 0 atom stereocenters. The molecule has 0 saturated carbocycles. The molecule has 1 aromatic rings. The van der Waals surface area contributed by atoms with Gasteiger partial charge in [0.25, 0.3) is 0 Å². The second kappa shape index (κ2) is 1.69. The number of ketones is 1. The van der Waals surface area contributed by atoms with E-state index in [2.05, 4.69) is 10.2 Å². The maximum Gasteiger partial charge on any atom is 0.234 e. The summed E-state index contributed by atoms with van der Waals surface area (Å²) < 4.78 is 0. The third-order valence-electron chi connectivity index (χ3n) is 2.12. The topological polar surface area (TPSA) is 41.8 Å². The lowest BCUT2D eigenvalue weighted by molar-refractivity contribution is -0.106. The minimum atomic E-state index is -0.0313. The molecule has 0 spiro atoms. The van der Waals surface area contributed by atoms with E-state index in [-0.39, 0.29) is 5.78 Å². The van der Waals surface area contributed by atoms with Crippen molar-refractivity contribution in [2.45, 2.75) is 0 Å². The summed E-state index contributed by atoms with van der Waals surface area (Å²) in [5.74, 6) is -0.0313. The zero-order valence-electron chi connectivity index (χ0n) is 6.11. The number of carbonyl (C=O) groups excluding carboxylic acids is 1. The highest BCUT2D eigenvalue weighted by molar-refractivity contribution is 6.78. The number of nitrogens with zero attached hydrogens (tertiary/aromatic N) is 2. The summed E-state index contributed by atoms with van der Waals surface area (Å²) >= 11 is 0. The highest BCUT2D eigenvalue weighted by atomic mass is 16.1. The van der Waals surface area contributed by atoms with Gasteiger partial charge < -0.3 is 0 Å². The predicted octanol–water partition coefficient (Wildman–Crippen LogP) is 0.776. The number of rotatable bonds is 0. The molecule has 0 amide bonds. The van der Waals surface area contributed by atoms with Crippen molar-refractivity contribution in [1.29, 1.82) is 0 Å². The van der Waals surface area contributed by atoms with Crippen LogP contribution in [-0.4, -0.2) is 17.2 Å². The summed E-state index contributed by atoms with van der Waals surface area (Å²) in [6.45, 7) is 0. The minimum absolute atomic E-state index is 0.0313. The second-order valence-corrected chi connectivity index (χ2v) is 2.77. The molecule has 0 aromatic heterocycles. The zero-order valence-corrected chi connectivity index (χ0v) is 6.11. The molecule has 0 N–H and O–H groups in total. The molecule has 1 aliphatic heterocycles. The second-order valence-electron chi connectivity index (χ2n) is 2.77. The smallest absolute Gasteiger partial charge is 0.234 e. The van der Waals surface area contributed by atoms with Crippen LogP contribution in [0.1, 0.15) is 11.1 Å². The van der Waals surface area contributed by atoms with Crippen molar-refractivity contribution in [2.24, 2.45) is 10.2 Å². The maximum atomic E-state index is 11.4. The Hall–Kier alpha value is -1.77. The Morgan fingerprint density at radius 2 is 1.42 bits per heavy atom. The largest absolute Gasteiger partial charge is 0.285 e. The van der Waals surface area contributed by atoms with E-state index in [1.807, 2.05) is 24.3 Å². The lowest BCUT2D eigenvalue weighted by atomic mass is 10.1. The summed E-state index contributed by atoms with van der Waals surface area (Å²) in [5.41, 5.74) is 2.85. The lowest BCUT2D eigenvalue weighted by Gasteiger charge is -1.97. The van der Waals surface area contributed by atoms with Gasteiger partial charge in [-0.25, -0.2) is 0 Å². The van der Waals surface area contributed by atoms with Crippen molar-refractivity contribution in [3.8, 4) is 0 Å². The highest BCUT2D eigenvalue weighted by Gasteiger charge is 2.36. The standard InChI is InChI=1S/C9H4N2O/c12-9-7-5-3-1-2-4-6(5)8(9)11-10-7/h1-4H. The first-order chi connectivity index (χ1) is 5.88. The monoisotopic (exact) mass is 156 g/mol. The highest BCUT2D eigenvalue weighted by Crippen LogP contribution is 2.24. The molecule has 3 heteroatoms. The molecule has 12 heavy (non-hydrogen) atoms. The fourth-order valence-electron chi connectivity index (χ4n) is 1.55. The normalized spacial score (nSPS) is 17.5. The Labute approximate surface area is 68.4 Å². The van der Waals surface area contributed by atoms with Crippen molar-refractivity contribution in [2.75, 3.05) is 0 Å². The summed E-state index contributed by atoms with van der Waals surface area (Å²) in [6, 6.07) is 7.59. The van der Waals surface area contributed by atoms with E-state index in [0.717, 1.165) is 11.1 Å². The fraction of sp³-hybridized carbons (Fsp3) is 0. The van der Waals surface area contributed by atoms with Crippen molar-refractivity contribution in [3.05, 3.63) is 35.4 Å². The number of hydrogen-bond donors (Lipinski definition) is 0. The first kappa shape index (κ1) is 5.83. The predicted molar refractivity (Wildman–Crippen MR) is 44.5 cm³/mol. The SMILES string of the molecule is O=C1C2=NN=C1c1ccccc12. The molecule has 1 aliphatic carbocycles. The summed E-state index contributed by atoms with van der Waals surface area (Å²) in [7, 11) is 0. The molecular formula is C9H4N2O. The van der Waals surface area contributed by atoms with Crippen LogP contribution in [0.4, 0.5) is 0 Å². The molecule has 56 valence electrons. The molecule has 0 radical (unpaired) electrons. The van der Waals surface area contributed by atoms with Crippen LogP contribution >= 0.6 is 0 Å². The van der Waals surface area contributed by atoms with Gasteiger partial charge in [-0.2, -0.15) is 0 Å². The van der Waals surface area contributed by atoms with Gasteiger partial charge in [-0.15, -0.1) is 10.2 Å². The van der Waals surface area contributed by atoms with Crippen LogP contribution in [0.3, 0.4) is 0 Å². The van der Waals surface area contributed by atoms with Gasteiger partial charge in [0, 0.05) is 11.1 Å². The first-order valence-electron chi connectivity index (χ1n) is 3.68. The molecule has 0 unspecified atom stereocenters.